The summed E-state index contributed by atoms with van der Waals surface area (Å²) < 4.78 is 0.865. The van der Waals surface area contributed by atoms with E-state index < -0.39 is 0 Å². The minimum absolute atomic E-state index is 0. The number of thiol groups is 1. The Labute approximate surface area is 174 Å². The van der Waals surface area contributed by atoms with Crippen LogP contribution in [0, 0.1) is 0 Å². The van der Waals surface area contributed by atoms with Crippen molar-refractivity contribution in [1.29, 1.82) is 0 Å². The van der Waals surface area contributed by atoms with Crippen LogP contribution in [-0.4, -0.2) is 95.0 Å². The average Bonchev–Trinajstić information content (AvgIpc) is 2.44. The molecule has 0 atom stereocenters. The van der Waals surface area contributed by atoms with Crippen LogP contribution in [0.1, 0.15) is 0 Å². The zero-order valence-corrected chi connectivity index (χ0v) is 20.1. The summed E-state index contributed by atoms with van der Waals surface area (Å²) in [7, 11) is 4.22. The molecule has 2 saturated heterocycles. The molecule has 0 aromatic rings. The second kappa shape index (κ2) is 12.9. The second-order valence-electron chi connectivity index (χ2n) is 5.33. The molecule has 0 spiro atoms. The van der Waals surface area contributed by atoms with Gasteiger partial charge in [0.1, 0.15) is 4.32 Å². The van der Waals surface area contributed by atoms with Crippen molar-refractivity contribution in [2.45, 2.75) is 0 Å². The minimum Gasteiger partial charge on any atom is -0.787 e. The number of piperazine rings is 2. The van der Waals surface area contributed by atoms with Crippen LogP contribution in [0.5, 0.6) is 0 Å². The van der Waals surface area contributed by atoms with Gasteiger partial charge in [-0.2, -0.15) is 0 Å². The first-order chi connectivity index (χ1) is 10.4. The number of likely N-dealkylation sites (N-methyl/N-ethyl adjacent to an activating group) is 2. The van der Waals surface area contributed by atoms with Crippen molar-refractivity contribution >= 4 is 58.8 Å². The average molecular weight is 446 g/mol. The van der Waals surface area contributed by atoms with Crippen LogP contribution in [0.4, 0.5) is 0 Å². The molecule has 23 heavy (non-hydrogen) atoms. The third kappa shape index (κ3) is 11.8. The van der Waals surface area contributed by atoms with Crippen molar-refractivity contribution in [2.24, 2.45) is 5.10 Å². The maximum absolute atomic E-state index is 4.80. The van der Waals surface area contributed by atoms with Crippen LogP contribution in [0.15, 0.2) is 5.10 Å². The quantitative estimate of drug-likeness (QED) is 0.148. The molecule has 2 aliphatic heterocycles. The Morgan fingerprint density at radius 3 is 1.78 bits per heavy atom. The number of nitrogens with zero attached hydrogens (tertiary/aromatic N) is 5. The number of thiocarbonyl (C=S) groups is 1. The summed E-state index contributed by atoms with van der Waals surface area (Å²) in [5, 5.41) is 8.06. The van der Waals surface area contributed by atoms with Crippen LogP contribution < -0.4 is 5.43 Å². The first-order valence-corrected chi connectivity index (χ1v) is 8.83. The van der Waals surface area contributed by atoms with Crippen molar-refractivity contribution in [3.05, 3.63) is 0 Å². The molecular formula is C12H24N6S4Zn. The van der Waals surface area contributed by atoms with E-state index in [2.05, 4.69) is 52.1 Å². The summed E-state index contributed by atoms with van der Waals surface area (Å²) in [6.45, 7) is 8.16. The fourth-order valence-corrected chi connectivity index (χ4v) is 2.57. The van der Waals surface area contributed by atoms with Gasteiger partial charge in [0.15, 0.2) is 0 Å². The van der Waals surface area contributed by atoms with Crippen molar-refractivity contribution in [2.75, 3.05) is 66.5 Å². The Morgan fingerprint density at radius 1 is 0.957 bits per heavy atom. The first-order valence-electron chi connectivity index (χ1n) is 7.16. The molecule has 0 radical (unpaired) electrons. The Kier molecular flexibility index (Phi) is 13.3. The Balaban J connectivity index is 0.000000403. The van der Waals surface area contributed by atoms with Gasteiger partial charge < -0.3 is 40.5 Å². The van der Waals surface area contributed by atoms with E-state index in [9.17, 15) is 0 Å². The minimum atomic E-state index is 0. The van der Waals surface area contributed by atoms with Crippen LogP contribution in [-0.2, 0) is 44.7 Å². The molecule has 2 fully saturated rings. The van der Waals surface area contributed by atoms with E-state index in [1.807, 2.05) is 5.01 Å². The summed E-state index contributed by atoms with van der Waals surface area (Å²) in [4.78, 5) is 4.55. The van der Waals surface area contributed by atoms with E-state index in [0.717, 1.165) is 52.4 Å². The number of rotatable bonds is 2. The van der Waals surface area contributed by atoms with Gasteiger partial charge in [-0.3, -0.25) is 5.01 Å². The number of nitrogens with one attached hydrogen (secondary N) is 1. The third-order valence-corrected chi connectivity index (χ3v) is 3.81. The molecule has 2 aliphatic rings. The van der Waals surface area contributed by atoms with Gasteiger partial charge in [-0.25, -0.2) is 14.5 Å². The Morgan fingerprint density at radius 2 is 1.39 bits per heavy atom. The van der Waals surface area contributed by atoms with Gasteiger partial charge in [0.2, 0.25) is 0 Å². The standard InChI is InChI=1S/2C6H13N3S2.Zn/c2*1-8-2-4-9(5-3-8)7-6(10)11;/h2*2-5H2,1H3,(H2,7,10,11);/q;;+2/p-2. The van der Waals surface area contributed by atoms with E-state index in [-0.39, 0.29) is 19.5 Å². The van der Waals surface area contributed by atoms with Gasteiger partial charge in [0.25, 0.3) is 0 Å². The number of hydrazone groups is 1. The van der Waals surface area contributed by atoms with E-state index >= 15 is 0 Å². The molecule has 11 heteroatoms. The molecule has 0 aliphatic carbocycles. The monoisotopic (exact) mass is 444 g/mol. The molecule has 0 aromatic heterocycles. The van der Waals surface area contributed by atoms with Crippen LogP contribution in [0.3, 0.4) is 0 Å². The summed E-state index contributed by atoms with van der Waals surface area (Å²) in [6.07, 6.45) is 0. The zero-order chi connectivity index (χ0) is 16.5. The maximum atomic E-state index is 4.80. The van der Waals surface area contributed by atoms with E-state index in [0.29, 0.717) is 8.70 Å². The first kappa shape index (κ1) is 23.7. The molecule has 128 valence electrons. The molecule has 2 rings (SSSR count). The predicted octanol–water partition coefficient (Wildman–Crippen LogP) is -0.451. The fourth-order valence-electron chi connectivity index (χ4n) is 2.06. The summed E-state index contributed by atoms with van der Waals surface area (Å²) in [6, 6.07) is 0. The molecule has 0 saturated carbocycles. The largest absolute Gasteiger partial charge is 2.00 e. The predicted molar refractivity (Wildman–Crippen MR) is 105 cm³/mol. The normalized spacial score (nSPS) is 19.9. The molecule has 2 heterocycles. The van der Waals surface area contributed by atoms with Gasteiger partial charge in [-0.05, 0) is 14.1 Å². The van der Waals surface area contributed by atoms with Crippen molar-refractivity contribution in [3.63, 3.8) is 0 Å². The molecule has 0 bridgehead atoms. The summed E-state index contributed by atoms with van der Waals surface area (Å²) in [5.74, 6) is 0. The zero-order valence-electron chi connectivity index (χ0n) is 13.8. The van der Waals surface area contributed by atoms with E-state index in [1.54, 1.807) is 0 Å². The summed E-state index contributed by atoms with van der Waals surface area (Å²) in [5.41, 5.74) is 3.00. The van der Waals surface area contributed by atoms with Gasteiger partial charge in [-0.1, -0.05) is 12.2 Å². The van der Waals surface area contributed by atoms with Gasteiger partial charge >= 0.3 is 19.5 Å². The van der Waals surface area contributed by atoms with Gasteiger partial charge in [0, 0.05) is 52.4 Å². The second-order valence-corrected chi connectivity index (χ2v) is 7.52. The Bertz CT molecular complexity index is 367. The maximum Gasteiger partial charge on any atom is 2.00 e. The molecule has 0 aromatic carbocycles. The number of hydrazine groups is 1. The van der Waals surface area contributed by atoms with E-state index in [1.165, 1.54) is 0 Å². The van der Waals surface area contributed by atoms with Crippen molar-refractivity contribution < 1.29 is 19.5 Å². The van der Waals surface area contributed by atoms with Gasteiger partial charge in [0.05, 0.1) is 0 Å². The smallest absolute Gasteiger partial charge is 0.787 e. The van der Waals surface area contributed by atoms with Crippen LogP contribution >= 0.6 is 24.8 Å². The van der Waals surface area contributed by atoms with Crippen molar-refractivity contribution in [1.82, 2.24) is 25.2 Å². The topological polar surface area (TPSA) is 37.4 Å². The van der Waals surface area contributed by atoms with Crippen LogP contribution in [0.2, 0.25) is 0 Å². The van der Waals surface area contributed by atoms with E-state index in [4.69, 9.17) is 37.5 Å². The van der Waals surface area contributed by atoms with Crippen LogP contribution in [0.25, 0.3) is 0 Å². The summed E-state index contributed by atoms with van der Waals surface area (Å²) >= 11 is 18.2. The molecule has 6 nitrogen and oxygen atoms in total. The Hall–Kier alpha value is 0.653. The van der Waals surface area contributed by atoms with Crippen molar-refractivity contribution in [3.8, 4) is 0 Å². The molecule has 1 N–H and O–H groups in total. The molecular weight excluding hydrogens is 422 g/mol. The fraction of sp³-hybridized carbons (Fsp3) is 0.833. The third-order valence-electron chi connectivity index (χ3n) is 3.46. The number of hydrogen-bond acceptors (Lipinski definition) is 8. The molecule has 0 amide bonds. The van der Waals surface area contributed by atoms with Gasteiger partial charge in [-0.15, -0.1) is 12.6 Å². The molecule has 0 unspecified atom stereocenters. The SMILES string of the molecule is CN1CCN(N=C([S-])[S-])CC1.CN1CCN(NC(=S)S)CC1.[Zn+2]. The number of hydrogen-bond donors (Lipinski definition) is 2.